The molecule has 0 spiro atoms. The Balaban J connectivity index is 2.37. The molecule has 4 atom stereocenters. The average molecular weight is 310 g/mol. The molecule has 0 saturated heterocycles. The predicted molar refractivity (Wildman–Crippen MR) is 79.9 cm³/mol. The molecule has 124 valence electrons. The highest BCUT2D eigenvalue weighted by molar-refractivity contribution is 6.04. The van der Waals surface area contributed by atoms with Crippen LogP contribution >= 0.6 is 0 Å². The van der Waals surface area contributed by atoms with Crippen LogP contribution in [-0.2, 0) is 23.9 Å². The van der Waals surface area contributed by atoms with Crippen LogP contribution in [0, 0.1) is 22.7 Å². The van der Waals surface area contributed by atoms with Gasteiger partial charge in [0.1, 0.15) is 11.2 Å². The maximum atomic E-state index is 12.5. The maximum Gasteiger partial charge on any atom is 0.319 e. The monoisotopic (exact) mass is 310 g/mol. The van der Waals surface area contributed by atoms with E-state index in [4.69, 9.17) is 9.47 Å². The standard InChI is InChI=1S/C17H26O5/c1-16-9-8-13(18)17(2,15(20)22-4)12(16)7-5-6-11(16)10-14(19)21-3/h11-12H,5-10H2,1-4H3. The van der Waals surface area contributed by atoms with Crippen molar-refractivity contribution in [3.63, 3.8) is 0 Å². The Bertz CT molecular complexity index is 475. The van der Waals surface area contributed by atoms with E-state index in [0.717, 1.165) is 25.7 Å². The van der Waals surface area contributed by atoms with Gasteiger partial charge < -0.3 is 9.47 Å². The molecule has 0 radical (unpaired) electrons. The van der Waals surface area contributed by atoms with Crippen molar-refractivity contribution in [3.8, 4) is 0 Å². The topological polar surface area (TPSA) is 69.7 Å². The van der Waals surface area contributed by atoms with Crippen molar-refractivity contribution >= 4 is 17.7 Å². The van der Waals surface area contributed by atoms with Gasteiger partial charge in [0.2, 0.25) is 0 Å². The predicted octanol–water partition coefficient (Wildman–Crippen LogP) is 2.51. The summed E-state index contributed by atoms with van der Waals surface area (Å²) < 4.78 is 9.77. The molecule has 5 nitrogen and oxygen atoms in total. The second-order valence-corrected chi connectivity index (χ2v) is 7.08. The zero-order chi connectivity index (χ0) is 16.5. The number of esters is 2. The largest absolute Gasteiger partial charge is 0.469 e. The molecule has 2 aliphatic carbocycles. The summed E-state index contributed by atoms with van der Waals surface area (Å²) in [6.07, 6.45) is 4.14. The maximum absolute atomic E-state index is 12.5. The van der Waals surface area contributed by atoms with E-state index in [2.05, 4.69) is 6.92 Å². The summed E-state index contributed by atoms with van der Waals surface area (Å²) >= 11 is 0. The number of ketones is 1. The van der Waals surface area contributed by atoms with Crippen LogP contribution in [0.2, 0.25) is 0 Å². The first-order valence-corrected chi connectivity index (χ1v) is 7.99. The van der Waals surface area contributed by atoms with Crippen LogP contribution in [0.5, 0.6) is 0 Å². The molecule has 5 heteroatoms. The molecule has 2 aliphatic rings. The van der Waals surface area contributed by atoms with Gasteiger partial charge in [-0.2, -0.15) is 0 Å². The number of ether oxygens (including phenoxy) is 2. The lowest BCUT2D eigenvalue weighted by atomic mass is 9.47. The number of carbonyl (C=O) groups excluding carboxylic acids is 3. The summed E-state index contributed by atoms with van der Waals surface area (Å²) in [7, 11) is 2.73. The van der Waals surface area contributed by atoms with Crippen molar-refractivity contribution in [1.82, 2.24) is 0 Å². The first-order chi connectivity index (χ1) is 10.3. The summed E-state index contributed by atoms with van der Waals surface area (Å²) in [4.78, 5) is 36.6. The highest BCUT2D eigenvalue weighted by Crippen LogP contribution is 2.59. The van der Waals surface area contributed by atoms with Crippen molar-refractivity contribution in [2.45, 2.75) is 52.4 Å². The average Bonchev–Trinajstić information content (AvgIpc) is 2.51. The van der Waals surface area contributed by atoms with Gasteiger partial charge in [0.15, 0.2) is 0 Å². The lowest BCUT2D eigenvalue weighted by Crippen LogP contribution is -2.57. The van der Waals surface area contributed by atoms with Crippen LogP contribution in [0.15, 0.2) is 0 Å². The summed E-state index contributed by atoms with van der Waals surface area (Å²) in [6.45, 7) is 3.85. The van der Waals surface area contributed by atoms with Crippen LogP contribution in [0.25, 0.3) is 0 Å². The van der Waals surface area contributed by atoms with Crippen LogP contribution in [0.3, 0.4) is 0 Å². The molecule has 0 amide bonds. The Morgan fingerprint density at radius 3 is 2.45 bits per heavy atom. The number of Topliss-reactive ketones (excluding diaryl/α,β-unsaturated/α-hetero) is 1. The lowest BCUT2D eigenvalue weighted by molar-refractivity contribution is -0.176. The van der Waals surface area contributed by atoms with Gasteiger partial charge in [-0.3, -0.25) is 14.4 Å². The fourth-order valence-electron chi connectivity index (χ4n) is 4.76. The number of methoxy groups -OCH3 is 2. The molecule has 0 aliphatic heterocycles. The van der Waals surface area contributed by atoms with E-state index >= 15 is 0 Å². The molecule has 2 saturated carbocycles. The number of hydrogen-bond donors (Lipinski definition) is 0. The third-order valence-electron chi connectivity index (χ3n) is 6.19. The molecule has 0 aromatic rings. The molecule has 0 aromatic heterocycles. The Morgan fingerprint density at radius 2 is 1.86 bits per heavy atom. The minimum Gasteiger partial charge on any atom is -0.469 e. The Kier molecular flexibility index (Phi) is 4.64. The first-order valence-electron chi connectivity index (χ1n) is 7.99. The lowest BCUT2D eigenvalue weighted by Gasteiger charge is -2.55. The number of fused-ring (bicyclic) bond motifs is 1. The van der Waals surface area contributed by atoms with E-state index in [1.54, 1.807) is 6.92 Å². The second kappa shape index (κ2) is 6.01. The molecule has 2 fully saturated rings. The van der Waals surface area contributed by atoms with Gasteiger partial charge in [-0.05, 0) is 43.4 Å². The van der Waals surface area contributed by atoms with Crippen molar-refractivity contribution < 1.29 is 23.9 Å². The van der Waals surface area contributed by atoms with Gasteiger partial charge in [-0.25, -0.2) is 0 Å². The molecule has 22 heavy (non-hydrogen) atoms. The van der Waals surface area contributed by atoms with Crippen LogP contribution in [-0.4, -0.2) is 31.9 Å². The number of carbonyl (C=O) groups is 3. The van der Waals surface area contributed by atoms with Crippen molar-refractivity contribution in [2.75, 3.05) is 14.2 Å². The minimum atomic E-state index is -1.09. The van der Waals surface area contributed by atoms with E-state index in [1.165, 1.54) is 14.2 Å². The minimum absolute atomic E-state index is 0.0273. The molecule has 0 aromatic carbocycles. The Morgan fingerprint density at radius 1 is 1.18 bits per heavy atom. The summed E-state index contributed by atoms with van der Waals surface area (Å²) in [6, 6.07) is 0. The van der Waals surface area contributed by atoms with Crippen molar-refractivity contribution in [1.29, 1.82) is 0 Å². The fourth-order valence-corrected chi connectivity index (χ4v) is 4.76. The normalized spacial score (nSPS) is 38.1. The van der Waals surface area contributed by atoms with Gasteiger partial charge in [0, 0.05) is 12.8 Å². The summed E-state index contributed by atoms with van der Waals surface area (Å²) in [5.41, 5.74) is -1.29. The molecule has 4 unspecified atom stereocenters. The van der Waals surface area contributed by atoms with Crippen LogP contribution in [0.1, 0.15) is 52.4 Å². The quantitative estimate of drug-likeness (QED) is 0.592. The van der Waals surface area contributed by atoms with Gasteiger partial charge in [-0.15, -0.1) is 0 Å². The van der Waals surface area contributed by atoms with Gasteiger partial charge in [0.25, 0.3) is 0 Å². The second-order valence-electron chi connectivity index (χ2n) is 7.08. The third-order valence-corrected chi connectivity index (χ3v) is 6.19. The SMILES string of the molecule is COC(=O)CC1CCCC2C(C)(C(=O)OC)C(=O)CCC12C. The number of rotatable bonds is 3. The zero-order valence-electron chi connectivity index (χ0n) is 13.9. The molecular formula is C17H26O5. The molecule has 0 N–H and O–H groups in total. The van der Waals surface area contributed by atoms with Crippen molar-refractivity contribution in [2.24, 2.45) is 22.7 Å². The van der Waals surface area contributed by atoms with Crippen LogP contribution in [0.4, 0.5) is 0 Å². The first kappa shape index (κ1) is 17.0. The van der Waals surface area contributed by atoms with E-state index in [-0.39, 0.29) is 29.0 Å². The molecular weight excluding hydrogens is 284 g/mol. The van der Waals surface area contributed by atoms with E-state index < -0.39 is 11.4 Å². The smallest absolute Gasteiger partial charge is 0.319 e. The van der Waals surface area contributed by atoms with Crippen molar-refractivity contribution in [3.05, 3.63) is 0 Å². The highest BCUT2D eigenvalue weighted by atomic mass is 16.5. The number of hydrogen-bond acceptors (Lipinski definition) is 5. The van der Waals surface area contributed by atoms with Gasteiger partial charge in [-0.1, -0.05) is 13.3 Å². The van der Waals surface area contributed by atoms with Crippen LogP contribution < -0.4 is 0 Å². The highest BCUT2D eigenvalue weighted by Gasteiger charge is 2.61. The summed E-state index contributed by atoms with van der Waals surface area (Å²) in [5.74, 6) is -0.607. The van der Waals surface area contributed by atoms with E-state index in [0.29, 0.717) is 12.8 Å². The summed E-state index contributed by atoms with van der Waals surface area (Å²) in [5, 5.41) is 0. The molecule has 0 heterocycles. The third kappa shape index (κ3) is 2.44. The Labute approximate surface area is 131 Å². The van der Waals surface area contributed by atoms with Gasteiger partial charge >= 0.3 is 11.9 Å². The van der Waals surface area contributed by atoms with E-state index in [9.17, 15) is 14.4 Å². The van der Waals surface area contributed by atoms with Gasteiger partial charge in [0.05, 0.1) is 14.2 Å². The Hall–Kier alpha value is -1.39. The molecule has 2 rings (SSSR count). The zero-order valence-corrected chi connectivity index (χ0v) is 13.9. The molecule has 0 bridgehead atoms. The van der Waals surface area contributed by atoms with E-state index in [1.807, 2.05) is 0 Å². The fraction of sp³-hybridized carbons (Fsp3) is 0.824.